The first-order chi connectivity index (χ1) is 10.2. The molecule has 22 heavy (non-hydrogen) atoms. The Balaban J connectivity index is 2.06. The van der Waals surface area contributed by atoms with Crippen molar-refractivity contribution in [3.8, 4) is 0 Å². The van der Waals surface area contributed by atoms with Crippen LogP contribution in [0, 0.1) is 0 Å². The van der Waals surface area contributed by atoms with Gasteiger partial charge < -0.3 is 34.7 Å². The molecule has 124 valence electrons. The van der Waals surface area contributed by atoms with E-state index in [0.717, 1.165) is 0 Å². The van der Waals surface area contributed by atoms with Crippen molar-refractivity contribution in [1.82, 2.24) is 4.90 Å². The number of nitrogens with zero attached hydrogens (tertiary/aromatic N) is 1. The fourth-order valence-electron chi connectivity index (χ4n) is 2.16. The second kappa shape index (κ2) is 6.47. The highest BCUT2D eigenvalue weighted by Crippen LogP contribution is 2.37. The van der Waals surface area contributed by atoms with Crippen LogP contribution in [0.1, 0.15) is 6.42 Å². The Morgan fingerprint density at radius 1 is 1.41 bits per heavy atom. The maximum atomic E-state index is 10.9. The SMILES string of the molecule is O=C(O)C1=CN([C@@H]2O[C@H](COP(=O)(O)O)C(O)[C@@H]2O)C=CC1. The summed E-state index contributed by atoms with van der Waals surface area (Å²) in [6.07, 6.45) is -0.592. The Bertz CT molecular complexity index is 542. The molecule has 0 bridgehead atoms. The number of carboxylic acid groups (broad SMARTS) is 1. The van der Waals surface area contributed by atoms with Gasteiger partial charge in [-0.25, -0.2) is 9.36 Å². The first kappa shape index (κ1) is 17.1. The van der Waals surface area contributed by atoms with E-state index in [1.165, 1.54) is 17.3 Å². The van der Waals surface area contributed by atoms with Gasteiger partial charge in [0.2, 0.25) is 0 Å². The van der Waals surface area contributed by atoms with Gasteiger partial charge in [0, 0.05) is 18.8 Å². The van der Waals surface area contributed by atoms with Gasteiger partial charge in [-0.3, -0.25) is 4.52 Å². The van der Waals surface area contributed by atoms with Crippen LogP contribution >= 0.6 is 7.82 Å². The van der Waals surface area contributed by atoms with Crippen molar-refractivity contribution in [2.75, 3.05) is 6.61 Å². The van der Waals surface area contributed by atoms with E-state index in [9.17, 15) is 19.6 Å². The second-order valence-electron chi connectivity index (χ2n) is 4.83. The van der Waals surface area contributed by atoms with Gasteiger partial charge in [-0.15, -0.1) is 0 Å². The van der Waals surface area contributed by atoms with Crippen LogP contribution in [-0.4, -0.2) is 67.1 Å². The summed E-state index contributed by atoms with van der Waals surface area (Å²) in [7, 11) is -4.73. The highest BCUT2D eigenvalue weighted by molar-refractivity contribution is 7.46. The number of rotatable bonds is 5. The monoisotopic (exact) mass is 337 g/mol. The lowest BCUT2D eigenvalue weighted by atomic mass is 10.1. The molecule has 0 radical (unpaired) electrons. The van der Waals surface area contributed by atoms with E-state index >= 15 is 0 Å². The molecule has 2 heterocycles. The number of aliphatic hydroxyl groups excluding tert-OH is 2. The normalized spacial score (nSPS) is 32.2. The molecule has 5 N–H and O–H groups in total. The molecule has 0 spiro atoms. The Kier molecular flexibility index (Phi) is 5.03. The number of carbonyl (C=O) groups is 1. The van der Waals surface area contributed by atoms with E-state index in [2.05, 4.69) is 4.52 Å². The molecule has 0 saturated carbocycles. The van der Waals surface area contributed by atoms with E-state index < -0.39 is 44.9 Å². The van der Waals surface area contributed by atoms with Crippen LogP contribution in [0.4, 0.5) is 0 Å². The summed E-state index contributed by atoms with van der Waals surface area (Å²) in [6, 6.07) is 0. The number of hydrogen-bond donors (Lipinski definition) is 5. The summed E-state index contributed by atoms with van der Waals surface area (Å²) in [5, 5.41) is 28.7. The van der Waals surface area contributed by atoms with Crippen LogP contribution in [0.5, 0.6) is 0 Å². The Hall–Kier alpha value is -1.26. The quantitative estimate of drug-likeness (QED) is 0.383. The minimum Gasteiger partial charge on any atom is -0.478 e. The molecule has 2 aliphatic heterocycles. The highest BCUT2D eigenvalue weighted by Gasteiger charge is 2.45. The molecule has 1 unspecified atom stereocenters. The zero-order valence-electron chi connectivity index (χ0n) is 11.2. The average Bonchev–Trinajstić information content (AvgIpc) is 2.72. The lowest BCUT2D eigenvalue weighted by molar-refractivity contribution is -0.133. The van der Waals surface area contributed by atoms with Crippen molar-refractivity contribution < 1.29 is 43.7 Å². The van der Waals surface area contributed by atoms with Gasteiger partial charge in [0.1, 0.15) is 18.3 Å². The van der Waals surface area contributed by atoms with Gasteiger partial charge in [0.25, 0.3) is 0 Å². The highest BCUT2D eigenvalue weighted by atomic mass is 31.2. The van der Waals surface area contributed by atoms with Gasteiger partial charge >= 0.3 is 13.8 Å². The number of allylic oxidation sites excluding steroid dienone is 1. The zero-order chi connectivity index (χ0) is 16.5. The topological polar surface area (TPSA) is 157 Å². The summed E-state index contributed by atoms with van der Waals surface area (Å²) in [5.41, 5.74) is 0.0720. The molecule has 0 aromatic carbocycles. The van der Waals surface area contributed by atoms with Gasteiger partial charge in [-0.2, -0.15) is 0 Å². The van der Waals surface area contributed by atoms with E-state index in [1.807, 2.05) is 0 Å². The van der Waals surface area contributed by atoms with Crippen molar-refractivity contribution in [3.05, 3.63) is 24.0 Å². The van der Waals surface area contributed by atoms with E-state index in [-0.39, 0.29) is 12.0 Å². The summed E-state index contributed by atoms with van der Waals surface area (Å²) >= 11 is 0. The summed E-state index contributed by atoms with van der Waals surface area (Å²) < 4.78 is 20.2. The van der Waals surface area contributed by atoms with E-state index in [4.69, 9.17) is 19.6 Å². The molecular formula is C11H16NO9P. The lowest BCUT2D eigenvalue weighted by Gasteiger charge is -2.28. The number of ether oxygens (including phenoxy) is 1. The first-order valence-electron chi connectivity index (χ1n) is 6.29. The largest absolute Gasteiger partial charge is 0.478 e. The maximum Gasteiger partial charge on any atom is 0.469 e. The number of phosphoric ester groups is 1. The standard InChI is InChI=1S/C11H16NO9P/c13-8-7(5-20-22(17,18)19)21-10(9(8)14)12-3-1-2-6(4-12)11(15)16/h1,3-4,7-10,13-14H,2,5H2,(H,15,16)(H2,17,18,19)/t7-,8?,9+,10-/m1/s1. The summed E-state index contributed by atoms with van der Waals surface area (Å²) in [5.74, 6) is -1.12. The number of hydrogen-bond acceptors (Lipinski definition) is 7. The molecule has 0 aromatic rings. The van der Waals surface area contributed by atoms with Crippen LogP contribution in [0.2, 0.25) is 0 Å². The van der Waals surface area contributed by atoms with Crippen LogP contribution < -0.4 is 0 Å². The fraction of sp³-hybridized carbons (Fsp3) is 0.545. The molecule has 2 aliphatic rings. The molecule has 4 atom stereocenters. The molecule has 1 fully saturated rings. The van der Waals surface area contributed by atoms with Crippen LogP contribution in [0.3, 0.4) is 0 Å². The van der Waals surface area contributed by atoms with E-state index in [0.29, 0.717) is 0 Å². The Labute approximate surface area is 125 Å². The van der Waals surface area contributed by atoms with Crippen LogP contribution in [0.15, 0.2) is 24.0 Å². The fourth-order valence-corrected chi connectivity index (χ4v) is 2.50. The second-order valence-corrected chi connectivity index (χ2v) is 6.07. The van der Waals surface area contributed by atoms with Gasteiger partial charge in [0.05, 0.1) is 12.2 Å². The number of aliphatic carboxylic acids is 1. The number of aliphatic hydroxyl groups is 2. The molecule has 0 aromatic heterocycles. The third kappa shape index (κ3) is 3.93. The summed E-state index contributed by atoms with van der Waals surface area (Å²) in [4.78, 5) is 29.5. The van der Waals surface area contributed by atoms with Crippen molar-refractivity contribution in [2.24, 2.45) is 0 Å². The Morgan fingerprint density at radius 2 is 2.09 bits per heavy atom. The predicted octanol–water partition coefficient (Wildman–Crippen LogP) is -1.27. The third-order valence-electron chi connectivity index (χ3n) is 3.23. The molecule has 1 saturated heterocycles. The van der Waals surface area contributed by atoms with Gasteiger partial charge in [-0.1, -0.05) is 6.08 Å². The first-order valence-corrected chi connectivity index (χ1v) is 7.82. The minimum atomic E-state index is -4.73. The molecule has 10 nitrogen and oxygen atoms in total. The van der Waals surface area contributed by atoms with Crippen molar-refractivity contribution >= 4 is 13.8 Å². The van der Waals surface area contributed by atoms with Crippen molar-refractivity contribution in [2.45, 2.75) is 31.0 Å². The molecular weight excluding hydrogens is 321 g/mol. The number of carboxylic acids is 1. The zero-order valence-corrected chi connectivity index (χ0v) is 12.1. The van der Waals surface area contributed by atoms with E-state index in [1.54, 1.807) is 6.08 Å². The van der Waals surface area contributed by atoms with Crippen LogP contribution in [0.25, 0.3) is 0 Å². The smallest absolute Gasteiger partial charge is 0.469 e. The van der Waals surface area contributed by atoms with Gasteiger partial charge in [0.15, 0.2) is 6.23 Å². The molecule has 11 heteroatoms. The molecule has 2 rings (SSSR count). The Morgan fingerprint density at radius 3 is 2.68 bits per heavy atom. The third-order valence-corrected chi connectivity index (χ3v) is 3.72. The summed E-state index contributed by atoms with van der Waals surface area (Å²) in [6.45, 7) is -0.619. The predicted molar refractivity (Wildman–Crippen MR) is 70.0 cm³/mol. The lowest BCUT2D eigenvalue weighted by Crippen LogP contribution is -2.40. The minimum absolute atomic E-state index is 0.0720. The molecule has 0 amide bonds. The maximum absolute atomic E-state index is 10.9. The molecule has 0 aliphatic carbocycles. The number of phosphoric acid groups is 1. The van der Waals surface area contributed by atoms with Crippen molar-refractivity contribution in [3.63, 3.8) is 0 Å². The van der Waals surface area contributed by atoms with Crippen LogP contribution in [-0.2, 0) is 18.6 Å². The van der Waals surface area contributed by atoms with Gasteiger partial charge in [-0.05, 0) is 0 Å². The average molecular weight is 337 g/mol. The van der Waals surface area contributed by atoms with Crippen molar-refractivity contribution in [1.29, 1.82) is 0 Å².